The first-order valence-electron chi connectivity index (χ1n) is 8.49. The standard InChI is InChI=1S/C19H24N4O/c1-22-14-16(17-7-2-3-8-18(17)22)6-4-9-19(24)21-10-5-12-23-13-11-20-15-23/h2-3,7-8,11,13-15H,4-6,9-10,12H2,1H3,(H,21,24). The number of nitrogens with zero attached hydrogens (tertiary/aromatic N) is 3. The van der Waals surface area contributed by atoms with E-state index in [-0.39, 0.29) is 5.91 Å². The quantitative estimate of drug-likeness (QED) is 0.648. The molecule has 0 bridgehead atoms. The van der Waals surface area contributed by atoms with Crippen LogP contribution in [0.1, 0.15) is 24.8 Å². The maximum absolute atomic E-state index is 11.9. The Bertz CT molecular complexity index is 789. The number of hydrogen-bond acceptors (Lipinski definition) is 2. The molecule has 5 heteroatoms. The van der Waals surface area contributed by atoms with Crippen molar-refractivity contribution in [3.63, 3.8) is 0 Å². The zero-order valence-corrected chi connectivity index (χ0v) is 14.1. The molecule has 0 atom stereocenters. The van der Waals surface area contributed by atoms with Gasteiger partial charge in [-0.25, -0.2) is 4.98 Å². The van der Waals surface area contributed by atoms with Gasteiger partial charge in [0.15, 0.2) is 0 Å². The Kier molecular flexibility index (Phi) is 5.31. The highest BCUT2D eigenvalue weighted by molar-refractivity contribution is 5.84. The number of rotatable bonds is 8. The highest BCUT2D eigenvalue weighted by Gasteiger charge is 2.07. The van der Waals surface area contributed by atoms with Crippen LogP contribution in [0.5, 0.6) is 0 Å². The average Bonchev–Trinajstić information content (AvgIpc) is 3.21. The third-order valence-corrected chi connectivity index (χ3v) is 4.30. The number of aryl methyl sites for hydroxylation is 3. The summed E-state index contributed by atoms with van der Waals surface area (Å²) in [6, 6.07) is 8.41. The Hall–Kier alpha value is -2.56. The summed E-state index contributed by atoms with van der Waals surface area (Å²) in [5.41, 5.74) is 2.57. The van der Waals surface area contributed by atoms with E-state index in [0.29, 0.717) is 13.0 Å². The van der Waals surface area contributed by atoms with E-state index in [1.165, 1.54) is 16.5 Å². The largest absolute Gasteiger partial charge is 0.356 e. The van der Waals surface area contributed by atoms with Crippen LogP contribution in [0.3, 0.4) is 0 Å². The molecule has 5 nitrogen and oxygen atoms in total. The van der Waals surface area contributed by atoms with Crippen LogP contribution < -0.4 is 5.32 Å². The minimum atomic E-state index is 0.140. The van der Waals surface area contributed by atoms with E-state index in [0.717, 1.165) is 25.8 Å². The van der Waals surface area contributed by atoms with Gasteiger partial charge in [0.2, 0.25) is 5.91 Å². The molecule has 3 aromatic rings. The van der Waals surface area contributed by atoms with E-state index >= 15 is 0 Å². The number of carbonyl (C=O) groups is 1. The molecule has 1 N–H and O–H groups in total. The van der Waals surface area contributed by atoms with Crippen LogP contribution in [-0.4, -0.2) is 26.6 Å². The Morgan fingerprint density at radius 1 is 1.25 bits per heavy atom. The first-order valence-corrected chi connectivity index (χ1v) is 8.49. The minimum Gasteiger partial charge on any atom is -0.356 e. The second kappa shape index (κ2) is 7.81. The fourth-order valence-electron chi connectivity index (χ4n) is 3.06. The van der Waals surface area contributed by atoms with Gasteiger partial charge >= 0.3 is 0 Å². The Morgan fingerprint density at radius 2 is 2.12 bits per heavy atom. The first kappa shape index (κ1) is 16.3. The SMILES string of the molecule is Cn1cc(CCCC(=O)NCCCn2ccnc2)c2ccccc21. The van der Waals surface area contributed by atoms with Gasteiger partial charge in [0.25, 0.3) is 0 Å². The zero-order valence-electron chi connectivity index (χ0n) is 14.1. The van der Waals surface area contributed by atoms with Crippen molar-refractivity contribution in [3.8, 4) is 0 Å². The fourth-order valence-corrected chi connectivity index (χ4v) is 3.06. The summed E-state index contributed by atoms with van der Waals surface area (Å²) in [5.74, 6) is 0.140. The lowest BCUT2D eigenvalue weighted by atomic mass is 10.1. The molecule has 0 spiro atoms. The van der Waals surface area contributed by atoms with Gasteiger partial charge in [-0.15, -0.1) is 0 Å². The van der Waals surface area contributed by atoms with Crippen LogP contribution >= 0.6 is 0 Å². The first-order chi connectivity index (χ1) is 11.7. The number of benzene rings is 1. The molecular formula is C19H24N4O. The smallest absolute Gasteiger partial charge is 0.220 e. The van der Waals surface area contributed by atoms with E-state index < -0.39 is 0 Å². The number of hydrogen-bond donors (Lipinski definition) is 1. The number of fused-ring (bicyclic) bond motifs is 1. The summed E-state index contributed by atoms with van der Waals surface area (Å²) >= 11 is 0. The normalized spacial score (nSPS) is 11.0. The van der Waals surface area contributed by atoms with Crippen molar-refractivity contribution in [1.29, 1.82) is 0 Å². The predicted octanol–water partition coefficient (Wildman–Crippen LogP) is 2.90. The van der Waals surface area contributed by atoms with Gasteiger partial charge in [-0.3, -0.25) is 4.79 Å². The van der Waals surface area contributed by atoms with Crippen LogP contribution in [0.15, 0.2) is 49.2 Å². The lowest BCUT2D eigenvalue weighted by Crippen LogP contribution is -2.24. The highest BCUT2D eigenvalue weighted by atomic mass is 16.1. The molecular weight excluding hydrogens is 300 g/mol. The van der Waals surface area contributed by atoms with Crippen molar-refractivity contribution in [3.05, 3.63) is 54.7 Å². The molecule has 0 aliphatic rings. The van der Waals surface area contributed by atoms with Gasteiger partial charge in [-0.05, 0) is 30.9 Å². The lowest BCUT2D eigenvalue weighted by Gasteiger charge is -2.05. The van der Waals surface area contributed by atoms with Crippen molar-refractivity contribution in [1.82, 2.24) is 19.4 Å². The Labute approximate surface area is 142 Å². The molecule has 0 radical (unpaired) electrons. The van der Waals surface area contributed by atoms with E-state index in [9.17, 15) is 4.79 Å². The monoisotopic (exact) mass is 324 g/mol. The average molecular weight is 324 g/mol. The summed E-state index contributed by atoms with van der Waals surface area (Å²) in [6.07, 6.45) is 11.0. The number of imidazole rings is 1. The van der Waals surface area contributed by atoms with Crippen LogP contribution in [0.25, 0.3) is 10.9 Å². The Balaban J connectivity index is 1.38. The number of amides is 1. The zero-order chi connectivity index (χ0) is 16.8. The van der Waals surface area contributed by atoms with Crippen molar-refractivity contribution < 1.29 is 4.79 Å². The molecule has 0 saturated heterocycles. The molecule has 0 saturated carbocycles. The van der Waals surface area contributed by atoms with Crippen molar-refractivity contribution in [2.45, 2.75) is 32.2 Å². The lowest BCUT2D eigenvalue weighted by molar-refractivity contribution is -0.121. The number of nitrogens with one attached hydrogen (secondary N) is 1. The number of aromatic nitrogens is 3. The van der Waals surface area contributed by atoms with Gasteiger partial charge in [0.1, 0.15) is 0 Å². The van der Waals surface area contributed by atoms with Gasteiger partial charge in [0.05, 0.1) is 6.33 Å². The molecule has 24 heavy (non-hydrogen) atoms. The second-order valence-electron chi connectivity index (χ2n) is 6.14. The molecule has 0 fully saturated rings. The minimum absolute atomic E-state index is 0.140. The highest BCUT2D eigenvalue weighted by Crippen LogP contribution is 2.21. The molecule has 2 heterocycles. The van der Waals surface area contributed by atoms with Crippen LogP contribution in [-0.2, 0) is 24.8 Å². The number of carbonyl (C=O) groups excluding carboxylic acids is 1. The topological polar surface area (TPSA) is 51.9 Å². The molecule has 2 aromatic heterocycles. The van der Waals surface area contributed by atoms with Gasteiger partial charge in [0, 0.05) is 56.1 Å². The third kappa shape index (κ3) is 4.04. The van der Waals surface area contributed by atoms with Crippen LogP contribution in [0.4, 0.5) is 0 Å². The fraction of sp³-hybridized carbons (Fsp3) is 0.368. The summed E-state index contributed by atoms with van der Waals surface area (Å²) in [4.78, 5) is 15.9. The maximum atomic E-state index is 11.9. The predicted molar refractivity (Wildman–Crippen MR) is 95.7 cm³/mol. The summed E-state index contributed by atoms with van der Waals surface area (Å²) in [7, 11) is 2.07. The summed E-state index contributed by atoms with van der Waals surface area (Å²) in [5, 5.41) is 4.29. The van der Waals surface area contributed by atoms with Gasteiger partial charge in [-0.1, -0.05) is 18.2 Å². The van der Waals surface area contributed by atoms with Crippen molar-refractivity contribution in [2.24, 2.45) is 7.05 Å². The second-order valence-corrected chi connectivity index (χ2v) is 6.14. The van der Waals surface area contributed by atoms with E-state index in [2.05, 4.69) is 52.4 Å². The van der Waals surface area contributed by atoms with Crippen molar-refractivity contribution >= 4 is 16.8 Å². The van der Waals surface area contributed by atoms with Crippen molar-refractivity contribution in [2.75, 3.05) is 6.54 Å². The van der Waals surface area contributed by atoms with Gasteiger partial charge < -0.3 is 14.5 Å². The van der Waals surface area contributed by atoms with E-state index in [4.69, 9.17) is 0 Å². The summed E-state index contributed by atoms with van der Waals surface area (Å²) in [6.45, 7) is 1.60. The van der Waals surface area contributed by atoms with Crippen LogP contribution in [0, 0.1) is 0 Å². The van der Waals surface area contributed by atoms with E-state index in [1.54, 1.807) is 12.5 Å². The van der Waals surface area contributed by atoms with Crippen LogP contribution in [0.2, 0.25) is 0 Å². The summed E-state index contributed by atoms with van der Waals surface area (Å²) < 4.78 is 4.17. The number of para-hydroxylation sites is 1. The molecule has 1 aromatic carbocycles. The molecule has 126 valence electrons. The molecule has 0 aliphatic carbocycles. The third-order valence-electron chi connectivity index (χ3n) is 4.30. The molecule has 0 unspecified atom stereocenters. The molecule has 0 aliphatic heterocycles. The maximum Gasteiger partial charge on any atom is 0.220 e. The molecule has 3 rings (SSSR count). The Morgan fingerprint density at radius 3 is 2.96 bits per heavy atom. The molecule has 1 amide bonds. The van der Waals surface area contributed by atoms with E-state index in [1.807, 2.05) is 10.8 Å². The van der Waals surface area contributed by atoms with Gasteiger partial charge in [-0.2, -0.15) is 0 Å².